The molecule has 0 aliphatic heterocycles. The van der Waals surface area contributed by atoms with Crippen LogP contribution in [-0.4, -0.2) is 22.9 Å². The molecular weight excluding hydrogens is 488 g/mol. The molecule has 0 radical (unpaired) electrons. The molecule has 4 nitrogen and oxygen atoms in total. The molecule has 1 amide bonds. The lowest BCUT2D eigenvalue weighted by atomic mass is 9.93. The number of furan rings is 1. The van der Waals surface area contributed by atoms with Gasteiger partial charge in [0.05, 0.1) is 6.54 Å². The topological polar surface area (TPSA) is 45.5 Å². The molecule has 180 valence electrons. The van der Waals surface area contributed by atoms with Crippen molar-refractivity contribution in [2.45, 2.75) is 77.0 Å². The zero-order valence-electron chi connectivity index (χ0n) is 20.0. The summed E-state index contributed by atoms with van der Waals surface area (Å²) in [6.45, 7) is 3.65. The average Bonchev–Trinajstić information content (AvgIpc) is 3.34. The summed E-state index contributed by atoms with van der Waals surface area (Å²) in [6.07, 6.45) is 8.19. The number of carbonyl (C=O) groups excluding carboxylic acids is 1. The van der Waals surface area contributed by atoms with Crippen molar-refractivity contribution in [3.8, 4) is 0 Å². The van der Waals surface area contributed by atoms with E-state index >= 15 is 0 Å². The molecule has 0 spiro atoms. The highest BCUT2D eigenvalue weighted by molar-refractivity contribution is 9.10. The Balaban J connectivity index is 1.35. The number of hydrogen-bond donors (Lipinski definition) is 1. The molecule has 1 aliphatic rings. The molecule has 1 aliphatic carbocycles. The first-order valence-electron chi connectivity index (χ1n) is 12.5. The minimum atomic E-state index is -0.135. The van der Waals surface area contributed by atoms with Crippen LogP contribution in [0.1, 0.15) is 72.9 Å². The van der Waals surface area contributed by atoms with Crippen LogP contribution in [0.15, 0.2) is 75.6 Å². The van der Waals surface area contributed by atoms with Crippen LogP contribution in [0.25, 0.3) is 0 Å². The van der Waals surface area contributed by atoms with Crippen molar-refractivity contribution in [3.05, 3.63) is 93.9 Å². The molecule has 3 aromatic rings. The van der Waals surface area contributed by atoms with Gasteiger partial charge < -0.3 is 9.73 Å². The van der Waals surface area contributed by atoms with Gasteiger partial charge in [-0.25, -0.2) is 0 Å². The zero-order valence-corrected chi connectivity index (χ0v) is 21.6. The maximum absolute atomic E-state index is 12.8. The van der Waals surface area contributed by atoms with Crippen molar-refractivity contribution in [1.82, 2.24) is 10.2 Å². The number of halogens is 1. The molecule has 1 N–H and O–H groups in total. The van der Waals surface area contributed by atoms with Gasteiger partial charge in [0.2, 0.25) is 0 Å². The van der Waals surface area contributed by atoms with Crippen molar-refractivity contribution in [3.63, 3.8) is 0 Å². The summed E-state index contributed by atoms with van der Waals surface area (Å²) in [5.41, 5.74) is 2.59. The Kier molecular flexibility index (Phi) is 9.00. The first-order valence-corrected chi connectivity index (χ1v) is 13.3. The van der Waals surface area contributed by atoms with Gasteiger partial charge in [-0.05, 0) is 68.0 Å². The lowest BCUT2D eigenvalue weighted by Gasteiger charge is -2.34. The summed E-state index contributed by atoms with van der Waals surface area (Å²) in [7, 11) is 0. The van der Waals surface area contributed by atoms with Gasteiger partial charge in [-0.15, -0.1) is 0 Å². The van der Waals surface area contributed by atoms with Crippen molar-refractivity contribution in [1.29, 1.82) is 0 Å². The lowest BCUT2D eigenvalue weighted by Crippen LogP contribution is -2.35. The Hall–Kier alpha value is -2.37. The third-order valence-corrected chi connectivity index (χ3v) is 7.25. The minimum absolute atomic E-state index is 0.0809. The fraction of sp³-hybridized carbons (Fsp3) is 0.414. The normalized spacial score (nSPS) is 15.4. The predicted octanol–water partition coefficient (Wildman–Crippen LogP) is 7.13. The maximum atomic E-state index is 12.8. The number of benzene rings is 2. The Morgan fingerprint density at radius 2 is 1.71 bits per heavy atom. The van der Waals surface area contributed by atoms with E-state index in [-0.39, 0.29) is 11.9 Å². The van der Waals surface area contributed by atoms with Gasteiger partial charge in [0, 0.05) is 23.1 Å². The number of amides is 1. The maximum Gasteiger partial charge on any atom is 0.287 e. The molecule has 1 aromatic heterocycles. The number of rotatable bonds is 10. The van der Waals surface area contributed by atoms with E-state index in [9.17, 15) is 4.79 Å². The van der Waals surface area contributed by atoms with Crippen LogP contribution in [0.5, 0.6) is 0 Å². The van der Waals surface area contributed by atoms with E-state index in [2.05, 4.69) is 74.7 Å². The first kappa shape index (κ1) is 24.7. The van der Waals surface area contributed by atoms with Crippen LogP contribution in [0.4, 0.5) is 0 Å². The van der Waals surface area contributed by atoms with Crippen LogP contribution in [0.3, 0.4) is 0 Å². The summed E-state index contributed by atoms with van der Waals surface area (Å²) < 4.78 is 7.12. The van der Waals surface area contributed by atoms with Crippen LogP contribution in [-0.2, 0) is 19.5 Å². The van der Waals surface area contributed by atoms with Crippen LogP contribution < -0.4 is 5.32 Å². The molecule has 1 saturated carbocycles. The molecule has 1 unspecified atom stereocenters. The SMILES string of the molecule is CC(CCc1ccccc1)NC(=O)c1ccc(CN(Cc2ccc(Br)cc2)C2CCCCC2)o1. The standard InChI is InChI=1S/C29H35BrN2O2/c1-22(12-13-23-8-4-2-5-9-23)31-29(33)28-19-18-27(34-28)21-32(26-10-6-3-7-11-26)20-24-14-16-25(30)17-15-24/h2,4-5,8-9,14-19,22,26H,3,6-7,10-13,20-21H2,1H3,(H,31,33). The van der Waals surface area contributed by atoms with Crippen LogP contribution in [0, 0.1) is 0 Å². The van der Waals surface area contributed by atoms with Crippen LogP contribution in [0.2, 0.25) is 0 Å². The molecule has 1 heterocycles. The van der Waals surface area contributed by atoms with E-state index in [1.165, 1.54) is 43.2 Å². The highest BCUT2D eigenvalue weighted by Crippen LogP contribution is 2.26. The van der Waals surface area contributed by atoms with E-state index < -0.39 is 0 Å². The molecule has 0 bridgehead atoms. The number of nitrogens with zero attached hydrogens (tertiary/aromatic N) is 1. The Labute approximate surface area is 211 Å². The average molecular weight is 524 g/mol. The number of hydrogen-bond acceptors (Lipinski definition) is 3. The second-order valence-electron chi connectivity index (χ2n) is 9.49. The van der Waals surface area contributed by atoms with Gasteiger partial charge in [0.25, 0.3) is 5.91 Å². The summed E-state index contributed by atoms with van der Waals surface area (Å²) in [5, 5.41) is 3.09. The van der Waals surface area contributed by atoms with Gasteiger partial charge in [-0.1, -0.05) is 77.7 Å². The summed E-state index contributed by atoms with van der Waals surface area (Å²) in [5.74, 6) is 1.11. The number of carbonyl (C=O) groups is 1. The fourth-order valence-electron chi connectivity index (χ4n) is 4.76. The molecule has 0 saturated heterocycles. The third kappa shape index (κ3) is 7.31. The smallest absolute Gasteiger partial charge is 0.287 e. The largest absolute Gasteiger partial charge is 0.455 e. The van der Waals surface area contributed by atoms with E-state index in [1.54, 1.807) is 0 Å². The molecule has 2 aromatic carbocycles. The van der Waals surface area contributed by atoms with E-state index in [0.717, 1.165) is 36.2 Å². The van der Waals surface area contributed by atoms with Gasteiger partial charge in [-0.3, -0.25) is 9.69 Å². The minimum Gasteiger partial charge on any atom is -0.455 e. The Bertz CT molecular complexity index is 1030. The number of aryl methyl sites for hydroxylation is 1. The van der Waals surface area contributed by atoms with Gasteiger partial charge in [0.15, 0.2) is 5.76 Å². The summed E-state index contributed by atoms with van der Waals surface area (Å²) in [6, 6.07) is 23.3. The van der Waals surface area contributed by atoms with Crippen molar-refractivity contribution in [2.75, 3.05) is 0 Å². The fourth-order valence-corrected chi connectivity index (χ4v) is 5.03. The van der Waals surface area contributed by atoms with Gasteiger partial charge in [-0.2, -0.15) is 0 Å². The first-order chi connectivity index (χ1) is 16.6. The molecule has 34 heavy (non-hydrogen) atoms. The molecule has 1 atom stereocenters. The highest BCUT2D eigenvalue weighted by Gasteiger charge is 2.23. The zero-order chi connectivity index (χ0) is 23.8. The van der Waals surface area contributed by atoms with Gasteiger partial charge in [0.1, 0.15) is 5.76 Å². The Morgan fingerprint density at radius 1 is 0.971 bits per heavy atom. The highest BCUT2D eigenvalue weighted by atomic mass is 79.9. The third-order valence-electron chi connectivity index (χ3n) is 6.72. The predicted molar refractivity (Wildman–Crippen MR) is 141 cm³/mol. The Morgan fingerprint density at radius 3 is 2.44 bits per heavy atom. The monoisotopic (exact) mass is 522 g/mol. The van der Waals surface area contributed by atoms with Gasteiger partial charge >= 0.3 is 0 Å². The quantitative estimate of drug-likeness (QED) is 0.308. The van der Waals surface area contributed by atoms with Crippen molar-refractivity contribution in [2.24, 2.45) is 0 Å². The lowest BCUT2D eigenvalue weighted by molar-refractivity contribution is 0.0900. The molecular formula is C29H35BrN2O2. The molecule has 1 fully saturated rings. The second kappa shape index (κ2) is 12.4. The number of nitrogens with one attached hydrogen (secondary N) is 1. The van der Waals surface area contributed by atoms with E-state index in [1.807, 2.05) is 25.1 Å². The van der Waals surface area contributed by atoms with Crippen LogP contribution >= 0.6 is 15.9 Å². The van der Waals surface area contributed by atoms with E-state index in [0.29, 0.717) is 11.8 Å². The molecule has 5 heteroatoms. The summed E-state index contributed by atoms with van der Waals surface area (Å²) >= 11 is 3.53. The van der Waals surface area contributed by atoms with Crippen molar-refractivity contribution >= 4 is 21.8 Å². The molecule has 4 rings (SSSR count). The van der Waals surface area contributed by atoms with E-state index in [4.69, 9.17) is 4.42 Å². The van der Waals surface area contributed by atoms with Crippen molar-refractivity contribution < 1.29 is 9.21 Å². The summed E-state index contributed by atoms with van der Waals surface area (Å²) in [4.78, 5) is 15.3. The second-order valence-corrected chi connectivity index (χ2v) is 10.4.